The molecule has 0 aliphatic heterocycles. The van der Waals surface area contributed by atoms with Crippen LogP contribution in [0.5, 0.6) is 0 Å². The van der Waals surface area contributed by atoms with Gasteiger partial charge in [0.05, 0.1) is 19.1 Å². The molecule has 0 heterocycles. The van der Waals surface area contributed by atoms with E-state index in [1.807, 2.05) is 13.8 Å². The summed E-state index contributed by atoms with van der Waals surface area (Å²) in [6.45, 7) is 3.97. The smallest absolute Gasteiger partial charge is 0.323 e. The summed E-state index contributed by atoms with van der Waals surface area (Å²) < 4.78 is 4.80. The lowest BCUT2D eigenvalue weighted by molar-refractivity contribution is -0.144. The molecule has 1 aliphatic carbocycles. The van der Waals surface area contributed by atoms with E-state index in [1.165, 1.54) is 7.11 Å². The van der Waals surface area contributed by atoms with Gasteiger partial charge in [-0.05, 0) is 18.8 Å². The first-order chi connectivity index (χ1) is 8.10. The molecule has 0 aromatic heterocycles. The minimum Gasteiger partial charge on any atom is -0.468 e. The molecule has 4 heteroatoms. The Kier molecular flexibility index (Phi) is 5.43. The molecule has 1 saturated carbocycles. The fourth-order valence-electron chi connectivity index (χ4n) is 2.38. The van der Waals surface area contributed by atoms with Crippen molar-refractivity contribution in [2.24, 2.45) is 11.8 Å². The number of esters is 1. The van der Waals surface area contributed by atoms with Gasteiger partial charge in [-0.15, -0.1) is 0 Å². The van der Waals surface area contributed by atoms with Gasteiger partial charge in [-0.25, -0.2) is 0 Å². The van der Waals surface area contributed by atoms with Crippen LogP contribution in [0.1, 0.15) is 39.5 Å². The topological polar surface area (TPSA) is 62.1 Å². The van der Waals surface area contributed by atoms with Crippen molar-refractivity contribution >= 4 is 5.97 Å². The Bertz CT molecular complexity index is 296. The zero-order valence-corrected chi connectivity index (χ0v) is 10.9. The van der Waals surface area contributed by atoms with Crippen molar-refractivity contribution in [1.82, 2.24) is 5.32 Å². The quantitative estimate of drug-likeness (QED) is 0.759. The number of hydrogen-bond donors (Lipinski definition) is 1. The normalized spacial score (nSPS) is 26.3. The Labute approximate surface area is 103 Å². The van der Waals surface area contributed by atoms with E-state index in [9.17, 15) is 4.79 Å². The summed E-state index contributed by atoms with van der Waals surface area (Å²) in [4.78, 5) is 11.7. The van der Waals surface area contributed by atoms with Crippen molar-refractivity contribution < 1.29 is 9.53 Å². The SMILES string of the molecule is COC(=O)C(NC1CCCCC1C#N)C(C)C. The summed E-state index contributed by atoms with van der Waals surface area (Å²) >= 11 is 0. The highest BCUT2D eigenvalue weighted by Crippen LogP contribution is 2.24. The molecule has 0 spiro atoms. The number of rotatable bonds is 4. The number of nitriles is 1. The zero-order chi connectivity index (χ0) is 12.8. The third-order valence-corrected chi connectivity index (χ3v) is 3.45. The number of nitrogens with zero attached hydrogens (tertiary/aromatic N) is 1. The average Bonchev–Trinajstić information content (AvgIpc) is 2.35. The summed E-state index contributed by atoms with van der Waals surface area (Å²) in [6, 6.07) is 2.16. The highest BCUT2D eigenvalue weighted by molar-refractivity contribution is 5.76. The maximum Gasteiger partial charge on any atom is 0.323 e. The summed E-state index contributed by atoms with van der Waals surface area (Å²) in [5.41, 5.74) is 0. The van der Waals surface area contributed by atoms with Crippen LogP contribution in [0.4, 0.5) is 0 Å². The molecule has 3 atom stereocenters. The van der Waals surface area contributed by atoms with E-state index in [0.29, 0.717) is 0 Å². The van der Waals surface area contributed by atoms with Crippen molar-refractivity contribution in [2.75, 3.05) is 7.11 Å². The highest BCUT2D eigenvalue weighted by Gasteiger charge is 2.31. The van der Waals surface area contributed by atoms with Crippen LogP contribution in [-0.2, 0) is 9.53 Å². The molecule has 0 aromatic rings. The molecule has 96 valence electrons. The van der Waals surface area contributed by atoms with Gasteiger partial charge in [0.2, 0.25) is 0 Å². The van der Waals surface area contributed by atoms with Crippen LogP contribution in [0.3, 0.4) is 0 Å². The molecule has 1 aliphatic rings. The number of carbonyl (C=O) groups is 1. The molecule has 0 radical (unpaired) electrons. The Morgan fingerprint density at radius 1 is 1.41 bits per heavy atom. The third-order valence-electron chi connectivity index (χ3n) is 3.45. The molecule has 3 unspecified atom stereocenters. The maximum absolute atomic E-state index is 11.7. The lowest BCUT2D eigenvalue weighted by Crippen LogP contribution is -2.50. The summed E-state index contributed by atoms with van der Waals surface area (Å²) in [5.74, 6) is -0.0411. The summed E-state index contributed by atoms with van der Waals surface area (Å²) in [7, 11) is 1.40. The predicted molar refractivity (Wildman–Crippen MR) is 65.1 cm³/mol. The van der Waals surface area contributed by atoms with Gasteiger partial charge in [-0.1, -0.05) is 26.7 Å². The Balaban J connectivity index is 2.65. The molecule has 1 fully saturated rings. The van der Waals surface area contributed by atoms with Gasteiger partial charge < -0.3 is 10.1 Å². The second-order valence-corrected chi connectivity index (χ2v) is 5.04. The minimum atomic E-state index is -0.307. The maximum atomic E-state index is 11.7. The van der Waals surface area contributed by atoms with Gasteiger partial charge in [-0.2, -0.15) is 5.26 Å². The first-order valence-electron chi connectivity index (χ1n) is 6.33. The lowest BCUT2D eigenvalue weighted by Gasteiger charge is -2.32. The Morgan fingerprint density at radius 3 is 2.59 bits per heavy atom. The van der Waals surface area contributed by atoms with E-state index < -0.39 is 0 Å². The van der Waals surface area contributed by atoms with Gasteiger partial charge in [-0.3, -0.25) is 4.79 Å². The van der Waals surface area contributed by atoms with Crippen molar-refractivity contribution in [3.8, 4) is 6.07 Å². The van der Waals surface area contributed by atoms with Crippen LogP contribution in [0.15, 0.2) is 0 Å². The highest BCUT2D eigenvalue weighted by atomic mass is 16.5. The first kappa shape index (κ1) is 14.0. The average molecular weight is 238 g/mol. The second kappa shape index (κ2) is 6.61. The molecule has 1 rings (SSSR count). The number of nitrogens with one attached hydrogen (secondary N) is 1. The van der Waals surface area contributed by atoms with Crippen LogP contribution in [0.2, 0.25) is 0 Å². The third kappa shape index (κ3) is 3.71. The van der Waals surface area contributed by atoms with Crippen LogP contribution < -0.4 is 5.32 Å². The molecule has 4 nitrogen and oxygen atoms in total. The largest absolute Gasteiger partial charge is 0.468 e. The van der Waals surface area contributed by atoms with E-state index in [1.54, 1.807) is 0 Å². The number of hydrogen-bond acceptors (Lipinski definition) is 4. The molecular formula is C13H22N2O2. The fourth-order valence-corrected chi connectivity index (χ4v) is 2.38. The Hall–Kier alpha value is -1.08. The molecule has 0 amide bonds. The second-order valence-electron chi connectivity index (χ2n) is 5.04. The van der Waals surface area contributed by atoms with Crippen LogP contribution in [0, 0.1) is 23.2 Å². The number of ether oxygens (including phenoxy) is 1. The van der Waals surface area contributed by atoms with Crippen molar-refractivity contribution in [3.05, 3.63) is 0 Å². The molecule has 1 N–H and O–H groups in total. The first-order valence-corrected chi connectivity index (χ1v) is 6.33. The van der Waals surface area contributed by atoms with E-state index in [2.05, 4.69) is 11.4 Å². The van der Waals surface area contributed by atoms with E-state index in [4.69, 9.17) is 10.00 Å². The summed E-state index contributed by atoms with van der Waals surface area (Å²) in [5, 5.41) is 12.4. The monoisotopic (exact) mass is 238 g/mol. The standard InChI is InChI=1S/C13H22N2O2/c1-9(2)12(13(16)17-3)15-11-7-5-4-6-10(11)8-14/h9-12,15H,4-7H2,1-3H3. The summed E-state index contributed by atoms with van der Waals surface area (Å²) in [6.07, 6.45) is 4.14. The van der Waals surface area contributed by atoms with Gasteiger partial charge in [0.1, 0.15) is 6.04 Å². The van der Waals surface area contributed by atoms with Crippen molar-refractivity contribution in [3.63, 3.8) is 0 Å². The molecule has 0 bridgehead atoms. The minimum absolute atomic E-state index is 0.0228. The van der Waals surface area contributed by atoms with E-state index in [0.717, 1.165) is 25.7 Å². The van der Waals surface area contributed by atoms with Gasteiger partial charge in [0.15, 0.2) is 0 Å². The van der Waals surface area contributed by atoms with Crippen molar-refractivity contribution in [1.29, 1.82) is 5.26 Å². The molecule has 17 heavy (non-hydrogen) atoms. The van der Waals surface area contributed by atoms with Crippen LogP contribution in [-0.4, -0.2) is 25.2 Å². The lowest BCUT2D eigenvalue weighted by atomic mass is 9.84. The van der Waals surface area contributed by atoms with Crippen LogP contribution in [0.25, 0.3) is 0 Å². The van der Waals surface area contributed by atoms with Crippen LogP contribution >= 0.6 is 0 Å². The molecule has 0 saturated heterocycles. The van der Waals surface area contributed by atoms with Gasteiger partial charge in [0, 0.05) is 6.04 Å². The van der Waals surface area contributed by atoms with Gasteiger partial charge >= 0.3 is 5.97 Å². The zero-order valence-electron chi connectivity index (χ0n) is 10.9. The van der Waals surface area contributed by atoms with Gasteiger partial charge in [0.25, 0.3) is 0 Å². The number of carbonyl (C=O) groups excluding carboxylic acids is 1. The van der Waals surface area contributed by atoms with E-state index in [-0.39, 0.29) is 29.9 Å². The van der Waals surface area contributed by atoms with E-state index >= 15 is 0 Å². The molecule has 0 aromatic carbocycles. The number of methoxy groups -OCH3 is 1. The molecular weight excluding hydrogens is 216 g/mol. The Morgan fingerprint density at radius 2 is 2.06 bits per heavy atom. The fraction of sp³-hybridized carbons (Fsp3) is 0.846. The van der Waals surface area contributed by atoms with Crippen molar-refractivity contribution in [2.45, 2.75) is 51.6 Å². The predicted octanol–water partition coefficient (Wildman–Crippen LogP) is 1.86.